The van der Waals surface area contributed by atoms with Crippen LogP contribution < -0.4 is 9.80 Å². The van der Waals surface area contributed by atoms with E-state index in [1.807, 2.05) is 0 Å². The summed E-state index contributed by atoms with van der Waals surface area (Å²) in [5.41, 5.74) is 20.0. The first-order valence-corrected chi connectivity index (χ1v) is 23.7. The second-order valence-electron chi connectivity index (χ2n) is 19.0. The highest BCUT2D eigenvalue weighted by Crippen LogP contribution is 2.48. The molecule has 0 saturated carbocycles. The number of hydrogen-bond donors (Lipinski definition) is 0. The molecule has 6 aromatic rings. The van der Waals surface area contributed by atoms with Crippen molar-refractivity contribution in [2.75, 3.05) is 9.80 Å². The van der Waals surface area contributed by atoms with Crippen LogP contribution in [0.4, 0.5) is 11.4 Å². The Morgan fingerprint density at radius 1 is 0.578 bits per heavy atom. The minimum Gasteiger partial charge on any atom is -0.357 e. The minimum atomic E-state index is 0.248. The van der Waals surface area contributed by atoms with Crippen LogP contribution in [0.3, 0.4) is 0 Å². The number of hydrogen-bond acceptors (Lipinski definition) is 2. The van der Waals surface area contributed by atoms with Crippen molar-refractivity contribution in [3.63, 3.8) is 0 Å². The molecule has 2 aliphatic heterocycles. The molecule has 4 aromatic carbocycles. The molecule has 2 aromatic heterocycles. The van der Waals surface area contributed by atoms with Crippen molar-refractivity contribution >= 4 is 50.9 Å². The molecule has 0 radical (unpaired) electrons. The van der Waals surface area contributed by atoms with E-state index in [2.05, 4.69) is 219 Å². The largest absolute Gasteiger partial charge is 0.357 e. The average molecular weight is 827 g/mol. The number of aryl methyl sites for hydroxylation is 1. The summed E-state index contributed by atoms with van der Waals surface area (Å²) in [5.74, 6) is 1.38. The topological polar surface area (TPSA) is 16.3 Å². The van der Waals surface area contributed by atoms with Crippen LogP contribution in [0.15, 0.2) is 188 Å². The Hall–Kier alpha value is -7.00. The molecule has 4 heterocycles. The monoisotopic (exact) mass is 826 g/mol. The van der Waals surface area contributed by atoms with Crippen molar-refractivity contribution < 1.29 is 0 Å². The smallest absolute Gasteiger partial charge is 0.0599 e. The summed E-state index contributed by atoms with van der Waals surface area (Å²) in [6.07, 6.45) is 45.1. The van der Waals surface area contributed by atoms with Gasteiger partial charge >= 0.3 is 0 Å². The fourth-order valence-corrected chi connectivity index (χ4v) is 13.1. The Bertz CT molecular complexity index is 3220. The van der Waals surface area contributed by atoms with E-state index in [0.29, 0.717) is 35.9 Å². The summed E-state index contributed by atoms with van der Waals surface area (Å²) in [5, 5.41) is 2.73. The van der Waals surface area contributed by atoms with Gasteiger partial charge in [-0.15, -0.1) is 5.73 Å². The van der Waals surface area contributed by atoms with Crippen molar-refractivity contribution in [2.45, 2.75) is 68.2 Å². The zero-order chi connectivity index (χ0) is 41.9. The maximum atomic E-state index is 3.86. The van der Waals surface area contributed by atoms with Crippen molar-refractivity contribution in [1.82, 2.24) is 9.13 Å². The Labute approximate surface area is 375 Å². The summed E-state index contributed by atoms with van der Waals surface area (Å²) in [6.45, 7) is 0. The van der Waals surface area contributed by atoms with E-state index in [4.69, 9.17) is 0 Å². The van der Waals surface area contributed by atoms with Gasteiger partial charge in [0, 0.05) is 74.5 Å². The molecule has 4 heteroatoms. The number of allylic oxidation sites excluding steroid dienone is 8. The van der Waals surface area contributed by atoms with E-state index >= 15 is 0 Å². The quantitative estimate of drug-likeness (QED) is 0.161. The number of rotatable bonds is 5. The first kappa shape index (κ1) is 36.5. The molecule has 1 fully saturated rings. The third-order valence-corrected chi connectivity index (χ3v) is 15.9. The lowest BCUT2D eigenvalue weighted by atomic mass is 9.83. The molecule has 6 aliphatic carbocycles. The molecule has 64 heavy (non-hydrogen) atoms. The second-order valence-corrected chi connectivity index (χ2v) is 19.0. The summed E-state index contributed by atoms with van der Waals surface area (Å²) in [4.78, 5) is 5.37. The van der Waals surface area contributed by atoms with Gasteiger partial charge < -0.3 is 18.9 Å². The van der Waals surface area contributed by atoms with E-state index in [1.54, 1.807) is 0 Å². The molecule has 8 atom stereocenters. The Kier molecular flexibility index (Phi) is 8.13. The second kappa shape index (κ2) is 14.3. The van der Waals surface area contributed by atoms with Gasteiger partial charge in [-0.1, -0.05) is 146 Å². The van der Waals surface area contributed by atoms with Crippen molar-refractivity contribution in [1.29, 1.82) is 0 Å². The van der Waals surface area contributed by atoms with Crippen LogP contribution in [-0.4, -0.2) is 33.3 Å². The predicted octanol–water partition coefficient (Wildman–Crippen LogP) is 13.2. The Balaban J connectivity index is 0.795. The number of para-hydroxylation sites is 2. The average Bonchev–Trinajstić information content (AvgIpc) is 4.09. The first-order chi connectivity index (χ1) is 31.8. The lowest BCUT2D eigenvalue weighted by Gasteiger charge is -2.36. The van der Waals surface area contributed by atoms with Crippen LogP contribution in [-0.2, 0) is 12.8 Å². The molecular weight excluding hydrogens is 777 g/mol. The molecule has 0 amide bonds. The first-order valence-electron chi connectivity index (χ1n) is 23.7. The highest BCUT2D eigenvalue weighted by Gasteiger charge is 2.46. The fourth-order valence-electron chi connectivity index (χ4n) is 13.1. The lowest BCUT2D eigenvalue weighted by molar-refractivity contribution is 0.527. The zero-order valence-electron chi connectivity index (χ0n) is 35.9. The molecule has 1 saturated heterocycles. The van der Waals surface area contributed by atoms with Gasteiger partial charge in [0.2, 0.25) is 0 Å². The maximum absolute atomic E-state index is 3.86. The van der Waals surface area contributed by atoms with E-state index in [0.717, 1.165) is 32.1 Å². The van der Waals surface area contributed by atoms with Crippen LogP contribution in [0.1, 0.15) is 64.9 Å². The fraction of sp³-hybridized carbons (Fsp3) is 0.217. The van der Waals surface area contributed by atoms with E-state index in [-0.39, 0.29) is 12.1 Å². The highest BCUT2D eigenvalue weighted by molar-refractivity contribution is 5.94. The summed E-state index contributed by atoms with van der Waals surface area (Å²) < 4.78 is 5.19. The Morgan fingerprint density at radius 3 is 2.16 bits per heavy atom. The van der Waals surface area contributed by atoms with Gasteiger partial charge in [0.15, 0.2) is 0 Å². The van der Waals surface area contributed by atoms with Crippen molar-refractivity contribution in [2.24, 2.45) is 11.8 Å². The van der Waals surface area contributed by atoms with Gasteiger partial charge in [-0.2, -0.15) is 0 Å². The van der Waals surface area contributed by atoms with Crippen LogP contribution >= 0.6 is 0 Å². The van der Waals surface area contributed by atoms with Gasteiger partial charge in [0.1, 0.15) is 0 Å². The van der Waals surface area contributed by atoms with Crippen molar-refractivity contribution in [3.05, 3.63) is 222 Å². The van der Waals surface area contributed by atoms with Gasteiger partial charge in [0.05, 0.1) is 41.2 Å². The SMILES string of the molecule is C1=C[C@@H](n2c3c(c4ccc(N5C6C=CC=CC6C6C=CC=CC65)cc42)CCC=C3)CCC=1c1ccc(-n2c3c(c4ccccc42)C=CC(N2c4ccccc4C4C=CC=CC42)C3)cc1. The van der Waals surface area contributed by atoms with Gasteiger partial charge in [-0.05, 0) is 90.9 Å². The van der Waals surface area contributed by atoms with E-state index in [9.17, 15) is 0 Å². The number of anilines is 2. The van der Waals surface area contributed by atoms with Gasteiger partial charge in [-0.3, -0.25) is 0 Å². The molecule has 0 N–H and O–H groups in total. The number of fused-ring (bicyclic) bond motifs is 12. The molecule has 310 valence electrons. The summed E-state index contributed by atoms with van der Waals surface area (Å²) >= 11 is 0. The normalized spacial score (nSPS) is 27.5. The maximum Gasteiger partial charge on any atom is 0.0599 e. The lowest BCUT2D eigenvalue weighted by Crippen LogP contribution is -2.42. The van der Waals surface area contributed by atoms with Crippen LogP contribution in [0.5, 0.6) is 0 Å². The van der Waals surface area contributed by atoms with Crippen LogP contribution in [0, 0.1) is 11.8 Å². The minimum absolute atomic E-state index is 0.248. The molecule has 8 aliphatic rings. The molecule has 7 unspecified atom stereocenters. The standard InChI is InChI=1S/C60H50N4/c1-9-21-55-45(13-1)46-14-2-10-22-56(46)63(55)43-33-35-51-49-17-5-7-19-53(49)61(59(51)37-43)41-29-25-39(26-30-41)40-27-31-42(32-28-40)62-54-20-8-6-18-50(54)52-36-34-44(38-60(52)62)64-57-23-11-3-15-47(57)48-16-4-12-24-58(48)64/h1-5,7-17,19-26,29-30,32-36,38,42-43,45,47-48,55,57-58H,6,18,27,31,37H2/t42-,43?,45?,47?,48?,55?,57?,58?/m0/s1. The molecule has 4 nitrogen and oxygen atoms in total. The van der Waals surface area contributed by atoms with Gasteiger partial charge in [0.25, 0.3) is 0 Å². The summed E-state index contributed by atoms with van der Waals surface area (Å²) in [6, 6.07) is 36.3. The van der Waals surface area contributed by atoms with Crippen molar-refractivity contribution in [3.8, 4) is 5.69 Å². The number of benzene rings is 4. The van der Waals surface area contributed by atoms with Crippen LogP contribution in [0.2, 0.25) is 0 Å². The third-order valence-electron chi connectivity index (χ3n) is 15.9. The number of aromatic nitrogens is 2. The van der Waals surface area contributed by atoms with E-state index < -0.39 is 0 Å². The molecule has 0 spiro atoms. The predicted molar refractivity (Wildman–Crippen MR) is 266 cm³/mol. The molecular formula is C60H50N4. The Morgan fingerprint density at radius 2 is 1.33 bits per heavy atom. The van der Waals surface area contributed by atoms with Gasteiger partial charge in [-0.25, -0.2) is 0 Å². The third kappa shape index (κ3) is 5.36. The molecule has 14 rings (SSSR count). The zero-order valence-corrected chi connectivity index (χ0v) is 35.9. The highest BCUT2D eigenvalue weighted by atomic mass is 15.2. The summed E-state index contributed by atoms with van der Waals surface area (Å²) in [7, 11) is 0. The molecule has 0 bridgehead atoms. The number of nitrogens with zero attached hydrogens (tertiary/aromatic N) is 4. The van der Waals surface area contributed by atoms with Crippen LogP contribution in [0.25, 0.3) is 45.2 Å². The van der Waals surface area contributed by atoms with E-state index in [1.165, 1.54) is 78.1 Å².